The van der Waals surface area contributed by atoms with Crippen molar-refractivity contribution in [3.63, 3.8) is 0 Å². The lowest BCUT2D eigenvalue weighted by Crippen LogP contribution is -2.34. The summed E-state index contributed by atoms with van der Waals surface area (Å²) in [4.78, 5) is 29.1. The zero-order valence-electron chi connectivity index (χ0n) is 12.7. The molecule has 0 saturated carbocycles. The maximum atomic E-state index is 13.0. The smallest absolute Gasteiger partial charge is 0.394 e. The number of carbonyl (C=O) groups is 2. The van der Waals surface area contributed by atoms with Gasteiger partial charge in [-0.1, -0.05) is 6.07 Å². The zero-order valence-corrected chi connectivity index (χ0v) is 13.5. The lowest BCUT2D eigenvalue weighted by atomic mass is 9.96. The second kappa shape index (κ2) is 6.51. The monoisotopic (exact) mass is 374 g/mol. The molecule has 2 aromatic heterocycles. The number of alkyl halides is 3. The predicted octanol–water partition coefficient (Wildman–Crippen LogP) is 2.67. The fraction of sp³-hybridized carbons (Fsp3) is 0.400. The summed E-state index contributed by atoms with van der Waals surface area (Å²) < 4.78 is 44.2. The van der Waals surface area contributed by atoms with E-state index >= 15 is 0 Å². The fourth-order valence-electron chi connectivity index (χ4n) is 2.76. The molecule has 1 fully saturated rings. The van der Waals surface area contributed by atoms with E-state index in [1.807, 2.05) is 11.4 Å². The summed E-state index contributed by atoms with van der Waals surface area (Å²) in [5.41, 5.74) is 0.288. The van der Waals surface area contributed by atoms with E-state index in [2.05, 4.69) is 4.98 Å². The van der Waals surface area contributed by atoms with E-state index in [9.17, 15) is 22.8 Å². The third-order valence-corrected chi connectivity index (χ3v) is 4.88. The molecule has 2 aromatic rings. The maximum absolute atomic E-state index is 13.0. The van der Waals surface area contributed by atoms with Crippen LogP contribution in [0.15, 0.2) is 28.2 Å². The minimum atomic E-state index is -4.67. The van der Waals surface area contributed by atoms with Gasteiger partial charge in [-0.2, -0.15) is 13.2 Å². The third kappa shape index (κ3) is 3.68. The number of aliphatic carboxylic acids is 1. The van der Waals surface area contributed by atoms with Crippen molar-refractivity contribution in [2.45, 2.75) is 12.6 Å². The zero-order chi connectivity index (χ0) is 18.2. The first kappa shape index (κ1) is 17.5. The van der Waals surface area contributed by atoms with Crippen molar-refractivity contribution >= 4 is 23.2 Å². The summed E-state index contributed by atoms with van der Waals surface area (Å²) in [7, 11) is 0. The first-order valence-corrected chi connectivity index (χ1v) is 8.19. The van der Waals surface area contributed by atoms with Gasteiger partial charge in [-0.25, -0.2) is 4.98 Å². The lowest BCUT2D eigenvalue weighted by Gasteiger charge is -2.18. The highest BCUT2D eigenvalue weighted by Crippen LogP contribution is 2.38. The second-order valence-corrected chi connectivity index (χ2v) is 6.64. The number of hydrogen-bond acceptors (Lipinski definition) is 5. The Kier molecular flexibility index (Phi) is 4.55. The van der Waals surface area contributed by atoms with Crippen LogP contribution in [0.4, 0.5) is 13.2 Å². The van der Waals surface area contributed by atoms with E-state index < -0.39 is 43.0 Å². The molecule has 25 heavy (non-hydrogen) atoms. The standard InChI is InChI=1S/C15H13F3N2O4S/c16-15(17,18)10-6-20(5-9(10)14(22)23)12(21)4-8-7-24-13(19-8)11-2-1-3-25-11/h1-3,7,9-10H,4-6H2,(H,22,23)/t9-,10-/m1/s1. The van der Waals surface area contributed by atoms with Gasteiger partial charge >= 0.3 is 12.1 Å². The quantitative estimate of drug-likeness (QED) is 0.890. The Morgan fingerprint density at radius 1 is 1.40 bits per heavy atom. The summed E-state index contributed by atoms with van der Waals surface area (Å²) in [5.74, 6) is -5.55. The molecule has 2 atom stereocenters. The van der Waals surface area contributed by atoms with Gasteiger partial charge in [-0.05, 0) is 11.4 Å². The molecule has 1 amide bonds. The van der Waals surface area contributed by atoms with Crippen molar-refractivity contribution in [3.05, 3.63) is 29.5 Å². The largest absolute Gasteiger partial charge is 0.481 e. The van der Waals surface area contributed by atoms with Gasteiger partial charge in [0, 0.05) is 13.1 Å². The molecular weight excluding hydrogens is 361 g/mol. The van der Waals surface area contributed by atoms with Gasteiger partial charge in [-0.3, -0.25) is 9.59 Å². The number of carboxylic acid groups (broad SMARTS) is 1. The van der Waals surface area contributed by atoms with E-state index in [1.54, 1.807) is 6.07 Å². The van der Waals surface area contributed by atoms with Crippen LogP contribution in [0.2, 0.25) is 0 Å². The maximum Gasteiger partial charge on any atom is 0.394 e. The van der Waals surface area contributed by atoms with Crippen molar-refractivity contribution in [2.24, 2.45) is 11.8 Å². The normalized spacial score (nSPS) is 20.8. The molecule has 3 heterocycles. The van der Waals surface area contributed by atoms with Crippen LogP contribution in [0.5, 0.6) is 0 Å². The van der Waals surface area contributed by atoms with Crippen molar-refractivity contribution in [1.29, 1.82) is 0 Å². The SMILES string of the molecule is O=C(O)[C@@H]1CN(C(=O)Cc2coc(-c3cccs3)n2)C[C@H]1C(F)(F)F. The number of carboxylic acids is 1. The molecule has 0 bridgehead atoms. The van der Waals surface area contributed by atoms with Crippen LogP contribution in [0.3, 0.4) is 0 Å². The van der Waals surface area contributed by atoms with Crippen molar-refractivity contribution in [3.8, 4) is 10.8 Å². The number of rotatable bonds is 4. The number of carbonyl (C=O) groups excluding carboxylic acids is 1. The van der Waals surface area contributed by atoms with Crippen LogP contribution in [-0.2, 0) is 16.0 Å². The first-order chi connectivity index (χ1) is 11.8. The van der Waals surface area contributed by atoms with E-state index in [0.717, 1.165) is 9.78 Å². The molecule has 3 rings (SSSR count). The van der Waals surface area contributed by atoms with Crippen molar-refractivity contribution in [2.75, 3.05) is 13.1 Å². The Hall–Kier alpha value is -2.36. The topological polar surface area (TPSA) is 83.6 Å². The van der Waals surface area contributed by atoms with Crippen LogP contribution in [0.25, 0.3) is 10.8 Å². The Labute approximate surface area is 143 Å². The molecule has 1 aliphatic rings. The number of amides is 1. The molecule has 0 unspecified atom stereocenters. The molecule has 10 heteroatoms. The van der Waals surface area contributed by atoms with Crippen LogP contribution >= 0.6 is 11.3 Å². The molecular formula is C15H13F3N2O4S. The Bertz CT molecular complexity index is 772. The summed E-state index contributed by atoms with van der Waals surface area (Å²) in [6.07, 6.45) is -3.64. The van der Waals surface area contributed by atoms with Crippen molar-refractivity contribution in [1.82, 2.24) is 9.88 Å². The highest BCUT2D eigenvalue weighted by atomic mass is 32.1. The highest BCUT2D eigenvalue weighted by Gasteiger charge is 2.53. The summed E-state index contributed by atoms with van der Waals surface area (Å²) in [6, 6.07) is 3.59. The number of nitrogens with zero attached hydrogens (tertiary/aromatic N) is 2. The molecule has 0 radical (unpaired) electrons. The van der Waals surface area contributed by atoms with Crippen LogP contribution in [0, 0.1) is 11.8 Å². The number of halogens is 3. The lowest BCUT2D eigenvalue weighted by molar-refractivity contribution is -0.188. The molecule has 6 nitrogen and oxygen atoms in total. The molecule has 1 saturated heterocycles. The third-order valence-electron chi connectivity index (χ3n) is 4.03. The van der Waals surface area contributed by atoms with Crippen LogP contribution < -0.4 is 0 Å². The van der Waals surface area contributed by atoms with E-state index in [1.165, 1.54) is 17.6 Å². The molecule has 0 spiro atoms. The summed E-state index contributed by atoms with van der Waals surface area (Å²) in [6.45, 7) is -1.12. The van der Waals surface area contributed by atoms with Gasteiger partial charge in [0.05, 0.1) is 28.8 Å². The average Bonchev–Trinajstić information content (AvgIpc) is 3.26. The van der Waals surface area contributed by atoms with Gasteiger partial charge in [0.2, 0.25) is 11.8 Å². The average molecular weight is 374 g/mol. The van der Waals surface area contributed by atoms with Gasteiger partial charge in [0.25, 0.3) is 0 Å². The van der Waals surface area contributed by atoms with E-state index in [0.29, 0.717) is 5.89 Å². The van der Waals surface area contributed by atoms with E-state index in [4.69, 9.17) is 9.52 Å². The Balaban J connectivity index is 1.69. The van der Waals surface area contributed by atoms with Gasteiger partial charge in [0.15, 0.2) is 0 Å². The number of likely N-dealkylation sites (tertiary alicyclic amines) is 1. The minimum Gasteiger partial charge on any atom is -0.481 e. The number of thiophene rings is 1. The molecule has 1 N–H and O–H groups in total. The Morgan fingerprint density at radius 3 is 2.72 bits per heavy atom. The summed E-state index contributed by atoms with van der Waals surface area (Å²) >= 11 is 1.40. The van der Waals surface area contributed by atoms with Gasteiger partial charge < -0.3 is 14.4 Å². The van der Waals surface area contributed by atoms with Gasteiger partial charge in [-0.15, -0.1) is 11.3 Å². The number of oxazole rings is 1. The van der Waals surface area contributed by atoms with Crippen molar-refractivity contribution < 1.29 is 32.3 Å². The molecule has 0 aliphatic carbocycles. The highest BCUT2D eigenvalue weighted by molar-refractivity contribution is 7.13. The summed E-state index contributed by atoms with van der Waals surface area (Å²) in [5, 5.41) is 10.8. The molecule has 1 aliphatic heterocycles. The first-order valence-electron chi connectivity index (χ1n) is 7.31. The fourth-order valence-corrected chi connectivity index (χ4v) is 3.41. The second-order valence-electron chi connectivity index (χ2n) is 5.69. The molecule has 0 aromatic carbocycles. The van der Waals surface area contributed by atoms with E-state index in [-0.39, 0.29) is 12.1 Å². The van der Waals surface area contributed by atoms with Crippen LogP contribution in [0.1, 0.15) is 5.69 Å². The number of aromatic nitrogens is 1. The number of hydrogen-bond donors (Lipinski definition) is 1. The minimum absolute atomic E-state index is 0.244. The van der Waals surface area contributed by atoms with Gasteiger partial charge in [0.1, 0.15) is 6.26 Å². The predicted molar refractivity (Wildman–Crippen MR) is 80.8 cm³/mol. The molecule has 134 valence electrons. The van der Waals surface area contributed by atoms with Crippen LogP contribution in [-0.4, -0.2) is 46.1 Å². The Morgan fingerprint density at radius 2 is 2.16 bits per heavy atom.